The molecule has 1 fully saturated rings. The zero-order valence-electron chi connectivity index (χ0n) is 32.4. The number of guanidine groups is 2. The lowest BCUT2D eigenvalue weighted by molar-refractivity contribution is 0.0964. The van der Waals surface area contributed by atoms with Gasteiger partial charge < -0.3 is 50.4 Å². The van der Waals surface area contributed by atoms with Crippen molar-refractivity contribution in [1.82, 2.24) is 45.5 Å². The van der Waals surface area contributed by atoms with E-state index < -0.39 is 11.8 Å². The average Bonchev–Trinajstić information content (AvgIpc) is 3.23. The predicted molar refractivity (Wildman–Crippen MR) is 228 cm³/mol. The molecule has 0 saturated heterocycles. The summed E-state index contributed by atoms with van der Waals surface area (Å²) in [4.78, 5) is 62.7. The Balaban J connectivity index is 1.28. The number of nitrogens with one attached hydrogen (secondary N) is 5. The number of carbonyl (C=O) groups is 2. The van der Waals surface area contributed by atoms with Crippen LogP contribution in [0.2, 0.25) is 10.3 Å². The number of aliphatic imine (C=N–C) groups is 2. The molecule has 1 aliphatic carbocycles. The van der Waals surface area contributed by atoms with Crippen molar-refractivity contribution in [3.8, 4) is 0 Å². The molecule has 0 bridgehead atoms. The molecule has 24 heteroatoms. The standard InChI is InChI=1S/C34H54Cl2N20O2/c35-22-26(39)50-24(37)20(48-22)28(57)52-30(41)43-15-9-11-17-45-32-54-33(56-34(55-32)47-19-13-7-5-3-1-2-4-6-8-14-19)46-18-12-10-16-44-31(42)53-29(58)21-25(38)51-27(40)23(36)49-21/h19H,1-18H2,(H4,37,39,50)(H4,38,40,51)(H3,41,43,52,57)(H3,42,44,53,58)(H3,45,46,47,54,55,56). The van der Waals surface area contributed by atoms with Gasteiger partial charge in [-0.1, -0.05) is 74.6 Å². The summed E-state index contributed by atoms with van der Waals surface area (Å²) in [5.74, 6) is -0.797. The minimum atomic E-state index is -0.706. The number of aromatic nitrogens is 7. The van der Waals surface area contributed by atoms with E-state index in [0.29, 0.717) is 69.7 Å². The topological polar surface area (TPSA) is 365 Å². The third kappa shape index (κ3) is 15.3. The van der Waals surface area contributed by atoms with Gasteiger partial charge in [-0.05, 0) is 38.5 Å². The highest BCUT2D eigenvalue weighted by Crippen LogP contribution is 2.21. The lowest BCUT2D eigenvalue weighted by atomic mass is 10.0. The maximum Gasteiger partial charge on any atom is 0.280 e. The number of hydrogen-bond acceptors (Lipinski definition) is 18. The molecule has 0 aliphatic heterocycles. The number of hydrogen-bond donors (Lipinski definition) is 11. The Kier molecular flexibility index (Phi) is 18.2. The summed E-state index contributed by atoms with van der Waals surface area (Å²) in [5, 5.41) is 14.7. The summed E-state index contributed by atoms with van der Waals surface area (Å²) in [5.41, 5.74) is 34.0. The van der Waals surface area contributed by atoms with Crippen LogP contribution in [-0.2, 0) is 0 Å². The van der Waals surface area contributed by atoms with E-state index in [-0.39, 0.29) is 62.9 Å². The van der Waals surface area contributed by atoms with Crippen molar-refractivity contribution in [2.45, 2.75) is 95.9 Å². The predicted octanol–water partition coefficient (Wildman–Crippen LogP) is 2.66. The van der Waals surface area contributed by atoms with Crippen molar-refractivity contribution in [3.05, 3.63) is 21.7 Å². The van der Waals surface area contributed by atoms with Crippen LogP contribution in [0.5, 0.6) is 0 Å². The molecule has 0 aromatic carbocycles. The van der Waals surface area contributed by atoms with Crippen molar-refractivity contribution < 1.29 is 9.59 Å². The Labute approximate surface area is 346 Å². The highest BCUT2D eigenvalue weighted by atomic mass is 35.5. The summed E-state index contributed by atoms with van der Waals surface area (Å²) in [6.45, 7) is 1.78. The van der Waals surface area contributed by atoms with Gasteiger partial charge >= 0.3 is 0 Å². The number of halogens is 2. The minimum Gasteiger partial charge on any atom is -0.382 e. The largest absolute Gasteiger partial charge is 0.382 e. The molecule has 1 saturated carbocycles. The summed E-state index contributed by atoms with van der Waals surface area (Å²) >= 11 is 11.7. The molecular weight excluding hydrogens is 791 g/mol. The van der Waals surface area contributed by atoms with Crippen LogP contribution in [0.25, 0.3) is 0 Å². The molecule has 0 atom stereocenters. The molecule has 17 N–H and O–H groups in total. The first-order chi connectivity index (χ1) is 27.9. The number of nitrogens with two attached hydrogens (primary N) is 6. The first-order valence-electron chi connectivity index (χ1n) is 19.3. The number of carbonyl (C=O) groups excluding carboxylic acids is 2. The van der Waals surface area contributed by atoms with Crippen LogP contribution in [0.3, 0.4) is 0 Å². The van der Waals surface area contributed by atoms with Gasteiger partial charge in [0.1, 0.15) is 0 Å². The van der Waals surface area contributed by atoms with E-state index in [1.54, 1.807) is 0 Å². The summed E-state index contributed by atoms with van der Waals surface area (Å²) in [6, 6.07) is 0.259. The monoisotopic (exact) mass is 844 g/mol. The van der Waals surface area contributed by atoms with Crippen LogP contribution >= 0.6 is 23.2 Å². The van der Waals surface area contributed by atoms with Gasteiger partial charge in [0.25, 0.3) is 11.8 Å². The summed E-state index contributed by atoms with van der Waals surface area (Å²) < 4.78 is 0. The molecule has 3 aromatic rings. The van der Waals surface area contributed by atoms with Gasteiger partial charge in [0, 0.05) is 32.2 Å². The Morgan fingerprint density at radius 3 is 1.38 bits per heavy atom. The zero-order chi connectivity index (χ0) is 41.9. The number of unbranched alkanes of at least 4 members (excludes halogenated alkanes) is 2. The van der Waals surface area contributed by atoms with Crippen LogP contribution in [0.15, 0.2) is 9.98 Å². The first kappa shape index (κ1) is 44.9. The van der Waals surface area contributed by atoms with Crippen molar-refractivity contribution in [3.63, 3.8) is 0 Å². The van der Waals surface area contributed by atoms with Crippen LogP contribution in [-0.4, -0.2) is 90.8 Å². The van der Waals surface area contributed by atoms with Gasteiger partial charge in [-0.25, -0.2) is 19.9 Å². The van der Waals surface area contributed by atoms with Gasteiger partial charge in [0.2, 0.25) is 17.8 Å². The van der Waals surface area contributed by atoms with E-state index in [2.05, 4.69) is 61.5 Å². The molecule has 22 nitrogen and oxygen atoms in total. The van der Waals surface area contributed by atoms with Crippen molar-refractivity contribution in [2.24, 2.45) is 21.5 Å². The molecule has 316 valence electrons. The Morgan fingerprint density at radius 1 is 0.552 bits per heavy atom. The van der Waals surface area contributed by atoms with Crippen LogP contribution in [0, 0.1) is 0 Å². The van der Waals surface area contributed by atoms with E-state index in [1.165, 1.54) is 38.5 Å². The van der Waals surface area contributed by atoms with Crippen LogP contribution < -0.4 is 61.0 Å². The van der Waals surface area contributed by atoms with E-state index >= 15 is 0 Å². The number of amides is 2. The number of nitrogen functional groups attached to an aromatic ring is 4. The first-order valence-corrected chi connectivity index (χ1v) is 20.0. The molecule has 0 unspecified atom stereocenters. The normalized spacial score (nSPS) is 14.6. The molecule has 2 amide bonds. The van der Waals surface area contributed by atoms with Crippen molar-refractivity contribution in [1.29, 1.82) is 0 Å². The smallest absolute Gasteiger partial charge is 0.280 e. The fourth-order valence-electron chi connectivity index (χ4n) is 5.83. The molecule has 0 radical (unpaired) electrons. The van der Waals surface area contributed by atoms with E-state index in [0.717, 1.165) is 25.7 Å². The van der Waals surface area contributed by atoms with Gasteiger partial charge in [-0.15, -0.1) is 0 Å². The van der Waals surface area contributed by atoms with Crippen molar-refractivity contribution in [2.75, 3.05) is 65.1 Å². The Morgan fingerprint density at radius 2 is 0.948 bits per heavy atom. The van der Waals surface area contributed by atoms with Gasteiger partial charge in [0.05, 0.1) is 0 Å². The molecule has 4 rings (SSSR count). The lowest BCUT2D eigenvalue weighted by Crippen LogP contribution is -2.38. The number of nitrogens with zero attached hydrogens (tertiary/aromatic N) is 9. The second kappa shape index (κ2) is 23.5. The Hall–Kier alpha value is -5.77. The highest BCUT2D eigenvalue weighted by molar-refractivity contribution is 6.32. The highest BCUT2D eigenvalue weighted by Gasteiger charge is 2.18. The van der Waals surface area contributed by atoms with Gasteiger partial charge in [-0.3, -0.25) is 30.2 Å². The molecular formula is C34H54Cl2N20O2. The third-order valence-corrected chi connectivity index (χ3v) is 9.40. The fraction of sp³-hybridized carbons (Fsp3) is 0.559. The van der Waals surface area contributed by atoms with E-state index in [1.807, 2.05) is 0 Å². The maximum atomic E-state index is 12.5. The third-order valence-electron chi connectivity index (χ3n) is 8.85. The molecule has 3 aromatic heterocycles. The van der Waals surface area contributed by atoms with Gasteiger partial charge in [-0.2, -0.15) is 15.0 Å². The van der Waals surface area contributed by atoms with Gasteiger partial charge in [0.15, 0.2) is 56.9 Å². The fourth-order valence-corrected chi connectivity index (χ4v) is 6.09. The molecule has 1 aliphatic rings. The average molecular weight is 846 g/mol. The molecule has 58 heavy (non-hydrogen) atoms. The SMILES string of the molecule is NC(=NCCCCNc1nc(NCCCCN=C(N)NC(=O)c2nc(Cl)c(N)nc2N)nc(NC2CCCCCCCCCC2)n1)NC(=O)c1nc(Cl)c(N)nc1N. The molecule has 3 heterocycles. The van der Waals surface area contributed by atoms with E-state index in [9.17, 15) is 9.59 Å². The maximum absolute atomic E-state index is 12.5. The quantitative estimate of drug-likeness (QED) is 0.0560. The number of rotatable bonds is 16. The zero-order valence-corrected chi connectivity index (χ0v) is 33.9. The van der Waals surface area contributed by atoms with Crippen LogP contribution in [0.4, 0.5) is 41.1 Å². The minimum absolute atomic E-state index is 0.0866. The molecule has 0 spiro atoms. The number of anilines is 7. The van der Waals surface area contributed by atoms with E-state index in [4.69, 9.17) is 67.6 Å². The lowest BCUT2D eigenvalue weighted by Gasteiger charge is -2.19. The Bertz CT molecular complexity index is 1770. The second-order valence-corrected chi connectivity index (χ2v) is 14.2. The summed E-state index contributed by atoms with van der Waals surface area (Å²) in [7, 11) is 0. The van der Waals surface area contributed by atoms with Crippen molar-refractivity contribution >= 4 is 88.1 Å². The summed E-state index contributed by atoms with van der Waals surface area (Å²) in [6.07, 6.45) is 14.7. The second-order valence-electron chi connectivity index (χ2n) is 13.5. The van der Waals surface area contributed by atoms with Crippen LogP contribution in [0.1, 0.15) is 111 Å².